The third-order valence-electron chi connectivity index (χ3n) is 4.31. The highest BCUT2D eigenvalue weighted by Crippen LogP contribution is 2.30. The number of ether oxygens (including phenoxy) is 3. The predicted octanol–water partition coefficient (Wildman–Crippen LogP) is 4.09. The molecule has 1 aliphatic heterocycles. The number of hydrogen-bond donors (Lipinski definition) is 0. The largest absolute Gasteiger partial charge is 0.490 e. The van der Waals surface area contributed by atoms with Gasteiger partial charge in [0.15, 0.2) is 23.9 Å². The Morgan fingerprint density at radius 3 is 2.68 bits per heavy atom. The zero-order valence-electron chi connectivity index (χ0n) is 14.8. The number of halogens is 1. The van der Waals surface area contributed by atoms with Gasteiger partial charge < -0.3 is 14.2 Å². The number of pyridine rings is 1. The Labute approximate surface area is 166 Å². The monoisotopic (exact) mass is 397 g/mol. The maximum atomic E-state index is 12.5. The fourth-order valence-corrected chi connectivity index (χ4v) is 3.14. The molecule has 0 radical (unpaired) electrons. The van der Waals surface area contributed by atoms with Crippen LogP contribution < -0.4 is 9.47 Å². The van der Waals surface area contributed by atoms with Crippen molar-refractivity contribution in [3.8, 4) is 11.5 Å². The van der Waals surface area contributed by atoms with Gasteiger partial charge in [-0.15, -0.1) is 0 Å². The minimum atomic E-state index is -0.636. The van der Waals surface area contributed by atoms with Crippen LogP contribution in [0.15, 0.2) is 48.5 Å². The Morgan fingerprint density at radius 1 is 1.04 bits per heavy atom. The summed E-state index contributed by atoms with van der Waals surface area (Å²) in [4.78, 5) is 29.2. The van der Waals surface area contributed by atoms with Crippen LogP contribution in [0.4, 0.5) is 0 Å². The van der Waals surface area contributed by atoms with Crippen LogP contribution in [0.2, 0.25) is 5.15 Å². The maximum absolute atomic E-state index is 12.5. The van der Waals surface area contributed by atoms with Crippen LogP contribution in [-0.2, 0) is 4.74 Å². The van der Waals surface area contributed by atoms with E-state index < -0.39 is 12.6 Å². The summed E-state index contributed by atoms with van der Waals surface area (Å²) in [6, 6.07) is 13.4. The Kier molecular flexibility index (Phi) is 5.12. The zero-order chi connectivity index (χ0) is 19.5. The van der Waals surface area contributed by atoms with Gasteiger partial charge in [0, 0.05) is 17.4 Å². The van der Waals surface area contributed by atoms with Crippen molar-refractivity contribution < 1.29 is 23.8 Å². The molecule has 0 saturated carbocycles. The molecule has 3 aromatic rings. The van der Waals surface area contributed by atoms with Gasteiger partial charge in [-0.1, -0.05) is 29.8 Å². The molecule has 0 aliphatic carbocycles. The van der Waals surface area contributed by atoms with Gasteiger partial charge in [0.2, 0.25) is 0 Å². The van der Waals surface area contributed by atoms with Gasteiger partial charge >= 0.3 is 5.97 Å². The zero-order valence-corrected chi connectivity index (χ0v) is 15.6. The Hall–Kier alpha value is -3.12. The second-order valence-corrected chi connectivity index (χ2v) is 6.61. The molecule has 0 N–H and O–H groups in total. The molecule has 1 aliphatic rings. The van der Waals surface area contributed by atoms with E-state index in [4.69, 9.17) is 25.8 Å². The molecule has 0 saturated heterocycles. The number of ketones is 1. The van der Waals surface area contributed by atoms with Gasteiger partial charge in [-0.25, -0.2) is 9.78 Å². The molecule has 28 heavy (non-hydrogen) atoms. The summed E-state index contributed by atoms with van der Waals surface area (Å²) in [5.41, 5.74) is 1.23. The van der Waals surface area contributed by atoms with Crippen LogP contribution in [0, 0.1) is 0 Å². The molecule has 0 bridgehead atoms. The molecule has 6 nitrogen and oxygen atoms in total. The fourth-order valence-electron chi connectivity index (χ4n) is 2.94. The van der Waals surface area contributed by atoms with Crippen LogP contribution in [-0.4, -0.2) is 36.6 Å². The average Bonchev–Trinajstić information content (AvgIpc) is 2.95. The highest BCUT2D eigenvalue weighted by Gasteiger charge is 2.18. The maximum Gasteiger partial charge on any atom is 0.339 e. The van der Waals surface area contributed by atoms with E-state index in [-0.39, 0.29) is 16.5 Å². The highest BCUT2D eigenvalue weighted by molar-refractivity contribution is 6.30. The molecule has 2 aromatic carbocycles. The van der Waals surface area contributed by atoms with Crippen molar-refractivity contribution in [1.29, 1.82) is 0 Å². The van der Waals surface area contributed by atoms with Crippen LogP contribution in [0.1, 0.15) is 27.1 Å². The van der Waals surface area contributed by atoms with Crippen LogP contribution in [0.5, 0.6) is 11.5 Å². The molecule has 0 atom stereocenters. The minimum Gasteiger partial charge on any atom is -0.490 e. The van der Waals surface area contributed by atoms with Gasteiger partial charge in [-0.05, 0) is 30.3 Å². The first-order valence-electron chi connectivity index (χ1n) is 8.77. The molecule has 142 valence electrons. The molecular weight excluding hydrogens is 382 g/mol. The number of fused-ring (bicyclic) bond motifs is 2. The third-order valence-corrected chi connectivity index (χ3v) is 4.50. The Bertz CT molecular complexity index is 1070. The van der Waals surface area contributed by atoms with Gasteiger partial charge in [0.25, 0.3) is 0 Å². The van der Waals surface area contributed by atoms with Crippen molar-refractivity contribution in [1.82, 2.24) is 4.98 Å². The lowest BCUT2D eigenvalue weighted by Gasteiger charge is -2.10. The van der Waals surface area contributed by atoms with Crippen molar-refractivity contribution in [3.63, 3.8) is 0 Å². The van der Waals surface area contributed by atoms with Gasteiger partial charge in [0.1, 0.15) is 5.15 Å². The number of carbonyl (C=O) groups is 2. The normalized spacial score (nSPS) is 13.0. The second kappa shape index (κ2) is 7.86. The van der Waals surface area contributed by atoms with Gasteiger partial charge in [-0.2, -0.15) is 0 Å². The first-order valence-corrected chi connectivity index (χ1v) is 9.15. The topological polar surface area (TPSA) is 74.7 Å². The summed E-state index contributed by atoms with van der Waals surface area (Å²) in [5.74, 6) is 0.141. The van der Waals surface area contributed by atoms with Crippen molar-refractivity contribution in [3.05, 3.63) is 64.8 Å². The van der Waals surface area contributed by atoms with E-state index in [0.717, 1.165) is 6.42 Å². The van der Waals surface area contributed by atoms with E-state index in [1.165, 1.54) is 6.07 Å². The number of rotatable bonds is 4. The number of esters is 1. The van der Waals surface area contributed by atoms with Gasteiger partial charge in [0.05, 0.1) is 24.3 Å². The summed E-state index contributed by atoms with van der Waals surface area (Å²) in [7, 11) is 0. The SMILES string of the molecule is O=C(COC(=O)c1cc(Cl)nc2ccccc12)c1ccc2c(c1)OCCCO2. The third kappa shape index (κ3) is 3.77. The van der Waals surface area contributed by atoms with Crippen molar-refractivity contribution >= 4 is 34.3 Å². The number of nitrogens with zero attached hydrogens (tertiary/aromatic N) is 1. The number of hydrogen-bond acceptors (Lipinski definition) is 6. The van der Waals surface area contributed by atoms with E-state index in [1.54, 1.807) is 42.5 Å². The Balaban J connectivity index is 1.50. The van der Waals surface area contributed by atoms with E-state index in [0.29, 0.717) is 41.2 Å². The van der Waals surface area contributed by atoms with Gasteiger partial charge in [-0.3, -0.25) is 4.79 Å². The van der Waals surface area contributed by atoms with Crippen LogP contribution in [0.25, 0.3) is 10.9 Å². The molecule has 0 spiro atoms. The molecule has 4 rings (SSSR count). The van der Waals surface area contributed by atoms with Crippen molar-refractivity contribution in [2.45, 2.75) is 6.42 Å². The summed E-state index contributed by atoms with van der Waals surface area (Å²) >= 11 is 6.00. The second-order valence-electron chi connectivity index (χ2n) is 6.22. The minimum absolute atomic E-state index is 0.180. The lowest BCUT2D eigenvalue weighted by Crippen LogP contribution is -2.15. The summed E-state index contributed by atoms with van der Waals surface area (Å²) in [5, 5.41) is 0.791. The van der Waals surface area contributed by atoms with Crippen molar-refractivity contribution in [2.75, 3.05) is 19.8 Å². The smallest absolute Gasteiger partial charge is 0.339 e. The molecule has 2 heterocycles. The lowest BCUT2D eigenvalue weighted by molar-refractivity contribution is 0.0476. The summed E-state index contributed by atoms with van der Waals surface area (Å²) in [6.45, 7) is 0.697. The molecule has 0 fully saturated rings. The number of aromatic nitrogens is 1. The number of carbonyl (C=O) groups excluding carboxylic acids is 2. The summed E-state index contributed by atoms with van der Waals surface area (Å²) in [6.07, 6.45) is 0.776. The molecule has 7 heteroatoms. The molecule has 1 aromatic heterocycles. The quantitative estimate of drug-likeness (QED) is 0.375. The first kappa shape index (κ1) is 18.3. The van der Waals surface area contributed by atoms with E-state index in [1.807, 2.05) is 0 Å². The van der Waals surface area contributed by atoms with E-state index >= 15 is 0 Å². The average molecular weight is 398 g/mol. The first-order chi connectivity index (χ1) is 13.6. The van der Waals surface area contributed by atoms with E-state index in [9.17, 15) is 9.59 Å². The summed E-state index contributed by atoms with van der Waals surface area (Å²) < 4.78 is 16.4. The number of Topliss-reactive ketones (excluding diaryl/α,β-unsaturated/α-hetero) is 1. The van der Waals surface area contributed by atoms with Crippen molar-refractivity contribution in [2.24, 2.45) is 0 Å². The number of para-hydroxylation sites is 1. The standard InChI is InChI=1S/C21H16ClNO5/c22-20-11-15(14-4-1-2-5-16(14)23-20)21(25)28-12-17(24)13-6-7-18-19(10-13)27-9-3-8-26-18/h1-2,4-7,10-11H,3,8-9,12H2. The Morgan fingerprint density at radius 2 is 1.82 bits per heavy atom. The molecule has 0 amide bonds. The molecule has 0 unspecified atom stereocenters. The predicted molar refractivity (Wildman–Crippen MR) is 103 cm³/mol. The number of benzene rings is 2. The van der Waals surface area contributed by atoms with Crippen LogP contribution >= 0.6 is 11.6 Å². The van der Waals surface area contributed by atoms with Crippen LogP contribution in [0.3, 0.4) is 0 Å². The fraction of sp³-hybridized carbons (Fsp3) is 0.190. The highest BCUT2D eigenvalue weighted by atomic mass is 35.5. The lowest BCUT2D eigenvalue weighted by atomic mass is 10.1. The molecular formula is C21H16ClNO5. The van der Waals surface area contributed by atoms with E-state index in [2.05, 4.69) is 4.98 Å².